The normalized spacial score (nSPS) is 10.3. The van der Waals surface area contributed by atoms with Crippen LogP contribution < -0.4 is 9.47 Å². The van der Waals surface area contributed by atoms with Gasteiger partial charge in [-0.25, -0.2) is 0 Å². The van der Waals surface area contributed by atoms with E-state index in [1.165, 1.54) is 4.88 Å². The maximum atomic E-state index is 9.11. The van der Waals surface area contributed by atoms with Gasteiger partial charge in [-0.1, -0.05) is 12.1 Å². The molecule has 4 heteroatoms. The van der Waals surface area contributed by atoms with Crippen LogP contribution in [0.4, 0.5) is 0 Å². The summed E-state index contributed by atoms with van der Waals surface area (Å²) in [6.45, 7) is 0.608. The molecule has 96 valence electrons. The van der Waals surface area contributed by atoms with Gasteiger partial charge in [0.1, 0.15) is 0 Å². The zero-order valence-electron chi connectivity index (χ0n) is 10.3. The summed E-state index contributed by atoms with van der Waals surface area (Å²) in [5, 5.41) is 11.2. The highest BCUT2D eigenvalue weighted by atomic mass is 32.1. The van der Waals surface area contributed by atoms with Crippen LogP contribution in [0.1, 0.15) is 10.4 Å². The Bertz CT molecular complexity index is 480. The van der Waals surface area contributed by atoms with E-state index in [1.807, 2.05) is 24.3 Å². The summed E-state index contributed by atoms with van der Waals surface area (Å²) >= 11 is 1.72. The highest BCUT2D eigenvalue weighted by Gasteiger charge is 2.05. The molecule has 2 rings (SSSR count). The Kier molecular flexibility index (Phi) is 4.61. The largest absolute Gasteiger partial charge is 0.493 e. The minimum atomic E-state index is 0.00524. The van der Waals surface area contributed by atoms with Crippen LogP contribution in [-0.4, -0.2) is 18.8 Å². The molecule has 0 aliphatic rings. The van der Waals surface area contributed by atoms with E-state index in [1.54, 1.807) is 18.4 Å². The van der Waals surface area contributed by atoms with E-state index in [0.717, 1.165) is 12.0 Å². The predicted molar refractivity (Wildman–Crippen MR) is 72.4 cm³/mol. The molecule has 1 aromatic heterocycles. The Balaban J connectivity index is 1.98. The van der Waals surface area contributed by atoms with Crippen LogP contribution in [0.2, 0.25) is 0 Å². The van der Waals surface area contributed by atoms with E-state index in [9.17, 15) is 0 Å². The Morgan fingerprint density at radius 2 is 2.11 bits per heavy atom. The number of methoxy groups -OCH3 is 1. The van der Waals surface area contributed by atoms with Crippen LogP contribution >= 0.6 is 11.3 Å². The summed E-state index contributed by atoms with van der Waals surface area (Å²) in [5.74, 6) is 1.37. The summed E-state index contributed by atoms with van der Waals surface area (Å²) in [6.07, 6.45) is 0.879. The second kappa shape index (κ2) is 6.42. The molecule has 0 atom stereocenters. The molecule has 0 saturated carbocycles. The first-order valence-corrected chi connectivity index (χ1v) is 6.64. The molecule has 3 nitrogen and oxygen atoms in total. The lowest BCUT2D eigenvalue weighted by Gasteiger charge is -2.11. The molecular weight excluding hydrogens is 248 g/mol. The molecule has 0 aliphatic heterocycles. The summed E-state index contributed by atoms with van der Waals surface area (Å²) < 4.78 is 10.9. The van der Waals surface area contributed by atoms with Crippen LogP contribution in [0.5, 0.6) is 11.5 Å². The second-order valence-electron chi connectivity index (χ2n) is 3.82. The first kappa shape index (κ1) is 12.9. The van der Waals surface area contributed by atoms with E-state index >= 15 is 0 Å². The molecular formula is C14H16O3S. The lowest BCUT2D eigenvalue weighted by molar-refractivity contribution is 0.276. The van der Waals surface area contributed by atoms with Crippen LogP contribution in [0, 0.1) is 0 Å². The van der Waals surface area contributed by atoms with Crippen molar-refractivity contribution in [3.63, 3.8) is 0 Å². The fraction of sp³-hybridized carbons (Fsp3) is 0.286. The summed E-state index contributed by atoms with van der Waals surface area (Å²) in [5.41, 5.74) is 0.821. The monoisotopic (exact) mass is 264 g/mol. The zero-order chi connectivity index (χ0) is 12.8. The van der Waals surface area contributed by atoms with Crippen LogP contribution in [0.15, 0.2) is 35.7 Å². The van der Waals surface area contributed by atoms with Gasteiger partial charge in [-0.05, 0) is 29.1 Å². The van der Waals surface area contributed by atoms with Gasteiger partial charge in [0.05, 0.1) is 20.3 Å². The van der Waals surface area contributed by atoms with Crippen LogP contribution in [0.3, 0.4) is 0 Å². The Morgan fingerprint density at radius 3 is 2.78 bits per heavy atom. The standard InChI is InChI=1S/C14H16O3S/c1-16-13-5-4-11(10-15)9-14(13)17-7-6-12-3-2-8-18-12/h2-5,8-9,15H,6-7,10H2,1H3. The van der Waals surface area contributed by atoms with Crippen molar-refractivity contribution in [2.24, 2.45) is 0 Å². The Labute approximate surface area is 111 Å². The number of rotatable bonds is 6. The van der Waals surface area contributed by atoms with E-state index in [4.69, 9.17) is 14.6 Å². The van der Waals surface area contributed by atoms with Gasteiger partial charge in [0.2, 0.25) is 0 Å². The average Bonchev–Trinajstić information content (AvgIpc) is 2.92. The van der Waals surface area contributed by atoms with Gasteiger partial charge in [0, 0.05) is 11.3 Å². The molecule has 0 aliphatic carbocycles. The molecule has 0 amide bonds. The Morgan fingerprint density at radius 1 is 1.22 bits per heavy atom. The molecule has 0 spiro atoms. The third-order valence-electron chi connectivity index (χ3n) is 2.60. The smallest absolute Gasteiger partial charge is 0.161 e. The molecule has 0 fully saturated rings. The quantitative estimate of drug-likeness (QED) is 0.872. The van der Waals surface area contributed by atoms with Gasteiger partial charge in [0.25, 0.3) is 0 Å². The molecule has 0 radical (unpaired) electrons. The van der Waals surface area contributed by atoms with Crippen molar-refractivity contribution in [1.29, 1.82) is 0 Å². The number of hydrogen-bond donors (Lipinski definition) is 1. The van der Waals surface area contributed by atoms with Crippen LogP contribution in [-0.2, 0) is 13.0 Å². The zero-order valence-corrected chi connectivity index (χ0v) is 11.1. The maximum Gasteiger partial charge on any atom is 0.161 e. The number of ether oxygens (including phenoxy) is 2. The van der Waals surface area contributed by atoms with Gasteiger partial charge in [-0.2, -0.15) is 0 Å². The van der Waals surface area contributed by atoms with Crippen molar-refractivity contribution >= 4 is 11.3 Å². The summed E-state index contributed by atoms with van der Waals surface area (Å²) in [4.78, 5) is 1.30. The van der Waals surface area contributed by atoms with Crippen LogP contribution in [0.25, 0.3) is 0 Å². The van der Waals surface area contributed by atoms with E-state index in [2.05, 4.69) is 11.4 Å². The van der Waals surface area contributed by atoms with Crippen molar-refractivity contribution < 1.29 is 14.6 Å². The molecule has 18 heavy (non-hydrogen) atoms. The van der Waals surface area contributed by atoms with Gasteiger partial charge < -0.3 is 14.6 Å². The van der Waals surface area contributed by atoms with Gasteiger partial charge >= 0.3 is 0 Å². The highest BCUT2D eigenvalue weighted by molar-refractivity contribution is 7.09. The second-order valence-corrected chi connectivity index (χ2v) is 4.85. The van der Waals surface area contributed by atoms with Crippen molar-refractivity contribution in [2.45, 2.75) is 13.0 Å². The molecule has 0 unspecified atom stereocenters. The molecule has 1 N–H and O–H groups in total. The number of hydrogen-bond acceptors (Lipinski definition) is 4. The molecule has 0 bridgehead atoms. The maximum absolute atomic E-state index is 9.11. The first-order chi connectivity index (χ1) is 8.83. The molecule has 2 aromatic rings. The number of aliphatic hydroxyl groups is 1. The van der Waals surface area contributed by atoms with E-state index in [-0.39, 0.29) is 6.61 Å². The highest BCUT2D eigenvalue weighted by Crippen LogP contribution is 2.28. The number of aliphatic hydroxyl groups excluding tert-OH is 1. The Hall–Kier alpha value is -1.52. The average molecular weight is 264 g/mol. The SMILES string of the molecule is COc1ccc(CO)cc1OCCc1cccs1. The topological polar surface area (TPSA) is 38.7 Å². The van der Waals surface area contributed by atoms with Crippen molar-refractivity contribution in [3.05, 3.63) is 46.2 Å². The fourth-order valence-corrected chi connectivity index (χ4v) is 2.34. The van der Waals surface area contributed by atoms with E-state index < -0.39 is 0 Å². The third-order valence-corrected chi connectivity index (χ3v) is 3.53. The van der Waals surface area contributed by atoms with Crippen molar-refractivity contribution in [3.8, 4) is 11.5 Å². The van der Waals surface area contributed by atoms with E-state index in [0.29, 0.717) is 18.1 Å². The number of thiophene rings is 1. The summed E-state index contributed by atoms with van der Waals surface area (Å²) in [7, 11) is 1.61. The minimum Gasteiger partial charge on any atom is -0.493 e. The first-order valence-electron chi connectivity index (χ1n) is 5.76. The van der Waals surface area contributed by atoms with Gasteiger partial charge in [-0.3, -0.25) is 0 Å². The van der Waals surface area contributed by atoms with Crippen molar-refractivity contribution in [2.75, 3.05) is 13.7 Å². The van der Waals surface area contributed by atoms with Crippen molar-refractivity contribution in [1.82, 2.24) is 0 Å². The fourth-order valence-electron chi connectivity index (χ4n) is 1.65. The summed E-state index contributed by atoms with van der Waals surface area (Å²) in [6, 6.07) is 9.58. The minimum absolute atomic E-state index is 0.00524. The molecule has 0 saturated heterocycles. The molecule has 1 heterocycles. The lowest BCUT2D eigenvalue weighted by Crippen LogP contribution is -2.02. The number of benzene rings is 1. The van der Waals surface area contributed by atoms with Gasteiger partial charge in [-0.15, -0.1) is 11.3 Å². The molecule has 1 aromatic carbocycles. The predicted octanol–water partition coefficient (Wildman–Crippen LogP) is 2.87. The lowest BCUT2D eigenvalue weighted by atomic mass is 10.2. The third kappa shape index (κ3) is 3.24. The van der Waals surface area contributed by atoms with Gasteiger partial charge in [0.15, 0.2) is 11.5 Å².